The summed E-state index contributed by atoms with van der Waals surface area (Å²) in [6.07, 6.45) is 8.33. The number of unbranched alkanes of at least 4 members (excludes halogenated alkanes) is 2. The molecule has 0 amide bonds. The highest BCUT2D eigenvalue weighted by molar-refractivity contribution is 5.21. The molecule has 1 N–H and O–H groups in total. The third kappa shape index (κ3) is 4.15. The second-order valence-corrected chi connectivity index (χ2v) is 4.66. The van der Waals surface area contributed by atoms with Crippen molar-refractivity contribution in [3.8, 4) is 0 Å². The van der Waals surface area contributed by atoms with Crippen LogP contribution in [0.4, 0.5) is 0 Å². The minimum absolute atomic E-state index is 0.482. The number of hydrogen-bond acceptors (Lipinski definition) is 2. The van der Waals surface area contributed by atoms with E-state index in [-0.39, 0.29) is 0 Å². The maximum absolute atomic E-state index is 4.54. The van der Waals surface area contributed by atoms with Crippen LogP contribution in [0.2, 0.25) is 0 Å². The van der Waals surface area contributed by atoms with Gasteiger partial charge in [-0.2, -0.15) is 5.10 Å². The van der Waals surface area contributed by atoms with Crippen LogP contribution in [0.3, 0.4) is 0 Å². The first kappa shape index (κ1) is 14.2. The molecule has 0 aliphatic rings. The van der Waals surface area contributed by atoms with Gasteiger partial charge in [-0.05, 0) is 19.4 Å². The summed E-state index contributed by atoms with van der Waals surface area (Å²) in [5, 5.41) is 8.13. The minimum atomic E-state index is 0.482. The van der Waals surface area contributed by atoms with E-state index in [0.717, 1.165) is 13.0 Å². The van der Waals surface area contributed by atoms with Crippen molar-refractivity contribution in [1.82, 2.24) is 15.1 Å². The van der Waals surface area contributed by atoms with Crippen molar-refractivity contribution < 1.29 is 0 Å². The van der Waals surface area contributed by atoms with E-state index in [1.165, 1.54) is 36.9 Å². The van der Waals surface area contributed by atoms with Crippen molar-refractivity contribution in [2.24, 2.45) is 7.05 Å². The molecule has 17 heavy (non-hydrogen) atoms. The van der Waals surface area contributed by atoms with E-state index in [0.29, 0.717) is 6.04 Å². The first-order valence-electron chi connectivity index (χ1n) is 6.98. The highest BCUT2D eigenvalue weighted by Crippen LogP contribution is 2.23. The third-order valence-corrected chi connectivity index (χ3v) is 3.19. The second kappa shape index (κ2) is 7.49. The predicted molar refractivity (Wildman–Crippen MR) is 73.1 cm³/mol. The van der Waals surface area contributed by atoms with Crippen LogP contribution < -0.4 is 5.32 Å². The van der Waals surface area contributed by atoms with Crippen LogP contribution in [-0.4, -0.2) is 16.3 Å². The number of aromatic nitrogens is 2. The van der Waals surface area contributed by atoms with Gasteiger partial charge in [0.1, 0.15) is 0 Å². The monoisotopic (exact) mass is 237 g/mol. The molecule has 1 rings (SSSR count). The Hall–Kier alpha value is -0.830. The summed E-state index contributed by atoms with van der Waals surface area (Å²) in [7, 11) is 2.01. The zero-order chi connectivity index (χ0) is 12.7. The molecule has 1 aromatic rings. The zero-order valence-corrected chi connectivity index (χ0v) is 11.8. The van der Waals surface area contributed by atoms with Gasteiger partial charge in [-0.15, -0.1) is 0 Å². The van der Waals surface area contributed by atoms with Crippen LogP contribution >= 0.6 is 0 Å². The Balaban J connectivity index is 2.73. The van der Waals surface area contributed by atoms with Gasteiger partial charge in [0.25, 0.3) is 0 Å². The molecule has 0 aromatic carbocycles. The molecule has 1 heterocycles. The van der Waals surface area contributed by atoms with Gasteiger partial charge in [0.15, 0.2) is 0 Å². The number of aryl methyl sites for hydroxylation is 2. The Bertz CT molecular complexity index is 317. The smallest absolute Gasteiger partial charge is 0.0669 e. The summed E-state index contributed by atoms with van der Waals surface area (Å²) in [4.78, 5) is 0. The Morgan fingerprint density at radius 1 is 1.29 bits per heavy atom. The molecule has 0 spiro atoms. The highest BCUT2D eigenvalue weighted by Gasteiger charge is 2.16. The van der Waals surface area contributed by atoms with Gasteiger partial charge in [-0.25, -0.2) is 0 Å². The number of rotatable bonds is 8. The maximum Gasteiger partial charge on any atom is 0.0669 e. The molecule has 0 saturated carbocycles. The number of nitrogens with one attached hydrogen (secondary N) is 1. The van der Waals surface area contributed by atoms with Crippen LogP contribution in [-0.2, 0) is 13.5 Å². The first-order valence-corrected chi connectivity index (χ1v) is 6.98. The first-order chi connectivity index (χ1) is 8.22. The maximum atomic E-state index is 4.54. The molecule has 0 bridgehead atoms. The van der Waals surface area contributed by atoms with Crippen LogP contribution in [0.25, 0.3) is 0 Å². The minimum Gasteiger partial charge on any atom is -0.310 e. The Morgan fingerprint density at radius 2 is 2.06 bits per heavy atom. The Kier molecular flexibility index (Phi) is 6.27. The van der Waals surface area contributed by atoms with Gasteiger partial charge in [-0.1, -0.05) is 40.0 Å². The number of nitrogens with zero attached hydrogens (tertiary/aromatic N) is 2. The summed E-state index contributed by atoms with van der Waals surface area (Å²) in [5.74, 6) is 0. The van der Waals surface area contributed by atoms with Crippen LogP contribution in [0.15, 0.2) is 6.20 Å². The SMILES string of the molecule is CCCCCC(NCC)c1cn(C)nc1CC. The van der Waals surface area contributed by atoms with Gasteiger partial charge < -0.3 is 5.32 Å². The molecule has 1 aromatic heterocycles. The summed E-state index contributed by atoms with van der Waals surface area (Å²) < 4.78 is 1.94. The molecule has 98 valence electrons. The van der Waals surface area contributed by atoms with Gasteiger partial charge in [0.2, 0.25) is 0 Å². The lowest BCUT2D eigenvalue weighted by molar-refractivity contribution is 0.484. The van der Waals surface area contributed by atoms with Crippen molar-refractivity contribution in [1.29, 1.82) is 0 Å². The fourth-order valence-electron chi connectivity index (χ4n) is 2.33. The lowest BCUT2D eigenvalue weighted by Crippen LogP contribution is -2.21. The predicted octanol–water partition coefficient (Wildman–Crippen LogP) is 3.21. The van der Waals surface area contributed by atoms with E-state index in [9.17, 15) is 0 Å². The fraction of sp³-hybridized carbons (Fsp3) is 0.786. The summed E-state index contributed by atoms with van der Waals surface area (Å²) >= 11 is 0. The highest BCUT2D eigenvalue weighted by atomic mass is 15.3. The average molecular weight is 237 g/mol. The molecule has 3 heteroatoms. The van der Waals surface area contributed by atoms with E-state index in [1.807, 2.05) is 11.7 Å². The molecular formula is C14H27N3. The largest absolute Gasteiger partial charge is 0.310 e. The Morgan fingerprint density at radius 3 is 2.65 bits per heavy atom. The summed E-state index contributed by atoms with van der Waals surface area (Å²) in [6, 6.07) is 0.482. The van der Waals surface area contributed by atoms with Gasteiger partial charge in [-0.3, -0.25) is 4.68 Å². The van der Waals surface area contributed by atoms with Crippen molar-refractivity contribution >= 4 is 0 Å². The number of hydrogen-bond donors (Lipinski definition) is 1. The molecule has 0 radical (unpaired) electrons. The molecule has 3 nitrogen and oxygen atoms in total. The molecule has 1 unspecified atom stereocenters. The van der Waals surface area contributed by atoms with Crippen LogP contribution in [0, 0.1) is 0 Å². The van der Waals surface area contributed by atoms with Gasteiger partial charge >= 0.3 is 0 Å². The van der Waals surface area contributed by atoms with Crippen LogP contribution in [0.5, 0.6) is 0 Å². The van der Waals surface area contributed by atoms with Crippen molar-refractivity contribution in [2.45, 2.75) is 58.9 Å². The third-order valence-electron chi connectivity index (χ3n) is 3.19. The molecule has 0 fully saturated rings. The standard InChI is InChI=1S/C14H27N3/c1-5-8-9-10-14(15-7-3)12-11-17(4)16-13(12)6-2/h11,14-15H,5-10H2,1-4H3. The molecule has 0 aliphatic carbocycles. The lowest BCUT2D eigenvalue weighted by Gasteiger charge is -2.17. The fourth-order valence-corrected chi connectivity index (χ4v) is 2.33. The van der Waals surface area contributed by atoms with E-state index in [2.05, 4.69) is 37.4 Å². The molecule has 1 atom stereocenters. The van der Waals surface area contributed by atoms with Crippen molar-refractivity contribution in [3.63, 3.8) is 0 Å². The summed E-state index contributed by atoms with van der Waals surface area (Å²) in [6.45, 7) is 7.63. The van der Waals surface area contributed by atoms with E-state index in [1.54, 1.807) is 0 Å². The average Bonchev–Trinajstić information content (AvgIpc) is 2.69. The molecule has 0 saturated heterocycles. The quantitative estimate of drug-likeness (QED) is 0.704. The van der Waals surface area contributed by atoms with Gasteiger partial charge in [0.05, 0.1) is 5.69 Å². The normalized spacial score (nSPS) is 12.9. The molecule has 0 aliphatic heterocycles. The van der Waals surface area contributed by atoms with E-state index in [4.69, 9.17) is 0 Å². The second-order valence-electron chi connectivity index (χ2n) is 4.66. The van der Waals surface area contributed by atoms with Crippen LogP contribution in [0.1, 0.15) is 63.8 Å². The van der Waals surface area contributed by atoms with Gasteiger partial charge in [0, 0.05) is 24.8 Å². The zero-order valence-electron chi connectivity index (χ0n) is 11.8. The molecular weight excluding hydrogens is 210 g/mol. The van der Waals surface area contributed by atoms with E-state index >= 15 is 0 Å². The lowest BCUT2D eigenvalue weighted by atomic mass is 10.00. The van der Waals surface area contributed by atoms with Crippen molar-refractivity contribution in [3.05, 3.63) is 17.5 Å². The topological polar surface area (TPSA) is 29.9 Å². The van der Waals surface area contributed by atoms with Crippen molar-refractivity contribution in [2.75, 3.05) is 6.54 Å². The summed E-state index contributed by atoms with van der Waals surface area (Å²) in [5.41, 5.74) is 2.64. The van der Waals surface area contributed by atoms with E-state index < -0.39 is 0 Å². The Labute approximate surface area is 106 Å².